The Morgan fingerprint density at radius 1 is 1.14 bits per heavy atom. The predicted molar refractivity (Wildman–Crippen MR) is 110 cm³/mol. The summed E-state index contributed by atoms with van der Waals surface area (Å²) in [6, 6.07) is 8.28. The van der Waals surface area contributed by atoms with E-state index in [1.807, 2.05) is 12.1 Å². The quantitative estimate of drug-likeness (QED) is 0.699. The lowest BCUT2D eigenvalue weighted by molar-refractivity contribution is 0.0342. The summed E-state index contributed by atoms with van der Waals surface area (Å²) in [6.45, 7) is 10.4. The Bertz CT molecular complexity index is 852. The molecule has 7 nitrogen and oxygen atoms in total. The third-order valence-corrected chi connectivity index (χ3v) is 5.13. The molecule has 2 heterocycles. The maximum absolute atomic E-state index is 12.7. The summed E-state index contributed by atoms with van der Waals surface area (Å²) in [5.41, 5.74) is 4.38. The topological polar surface area (TPSA) is 83.7 Å². The number of aromatic nitrogens is 1. The SMILES string of the molecule is CCOC(=O)c1[nH]c(C)c(C(=O)NCc2ccc(CN3CCOCC3)cc2)c1C. The van der Waals surface area contributed by atoms with Gasteiger partial charge in [-0.1, -0.05) is 24.3 Å². The number of aryl methyl sites for hydroxylation is 1. The fourth-order valence-corrected chi connectivity index (χ4v) is 3.55. The van der Waals surface area contributed by atoms with Crippen LogP contribution in [0.4, 0.5) is 0 Å². The van der Waals surface area contributed by atoms with E-state index in [2.05, 4.69) is 27.3 Å². The van der Waals surface area contributed by atoms with Crippen molar-refractivity contribution in [2.75, 3.05) is 32.9 Å². The summed E-state index contributed by atoms with van der Waals surface area (Å²) in [6.07, 6.45) is 0. The van der Waals surface area contributed by atoms with Crippen LogP contribution < -0.4 is 5.32 Å². The largest absolute Gasteiger partial charge is 0.461 e. The van der Waals surface area contributed by atoms with E-state index in [9.17, 15) is 9.59 Å². The summed E-state index contributed by atoms with van der Waals surface area (Å²) in [4.78, 5) is 30.0. The van der Waals surface area contributed by atoms with Crippen LogP contribution in [0.3, 0.4) is 0 Å². The van der Waals surface area contributed by atoms with E-state index in [0.29, 0.717) is 35.7 Å². The molecule has 1 saturated heterocycles. The molecule has 29 heavy (non-hydrogen) atoms. The van der Waals surface area contributed by atoms with Gasteiger partial charge in [-0.05, 0) is 37.5 Å². The molecule has 0 bridgehead atoms. The molecule has 0 aliphatic carbocycles. The zero-order valence-electron chi connectivity index (χ0n) is 17.3. The number of H-pyrrole nitrogens is 1. The highest BCUT2D eigenvalue weighted by Crippen LogP contribution is 2.19. The monoisotopic (exact) mass is 399 g/mol. The Labute approximate surface area is 171 Å². The van der Waals surface area contributed by atoms with Crippen LogP contribution in [0.5, 0.6) is 0 Å². The minimum atomic E-state index is -0.442. The Morgan fingerprint density at radius 3 is 2.45 bits per heavy atom. The predicted octanol–water partition coefficient (Wildman–Crippen LogP) is 2.57. The van der Waals surface area contributed by atoms with Crippen molar-refractivity contribution in [1.82, 2.24) is 15.2 Å². The van der Waals surface area contributed by atoms with E-state index in [1.165, 1.54) is 5.56 Å². The van der Waals surface area contributed by atoms with E-state index in [0.717, 1.165) is 38.4 Å². The minimum Gasteiger partial charge on any atom is -0.461 e. The number of ether oxygens (including phenoxy) is 2. The average molecular weight is 399 g/mol. The highest BCUT2D eigenvalue weighted by molar-refractivity contribution is 6.01. The Kier molecular flexibility index (Phi) is 7.06. The highest BCUT2D eigenvalue weighted by Gasteiger charge is 2.22. The van der Waals surface area contributed by atoms with E-state index in [4.69, 9.17) is 9.47 Å². The van der Waals surface area contributed by atoms with E-state index >= 15 is 0 Å². The van der Waals surface area contributed by atoms with Crippen molar-refractivity contribution in [1.29, 1.82) is 0 Å². The first-order chi connectivity index (χ1) is 14.0. The summed E-state index contributed by atoms with van der Waals surface area (Å²) < 4.78 is 10.4. The second kappa shape index (κ2) is 9.71. The number of amides is 1. The third kappa shape index (κ3) is 5.25. The first kappa shape index (κ1) is 21.1. The first-order valence-electron chi connectivity index (χ1n) is 10.0. The van der Waals surface area contributed by atoms with Gasteiger partial charge in [0.15, 0.2) is 0 Å². The van der Waals surface area contributed by atoms with Gasteiger partial charge in [0.25, 0.3) is 5.91 Å². The van der Waals surface area contributed by atoms with Gasteiger partial charge in [0, 0.05) is 31.9 Å². The molecule has 0 unspecified atom stereocenters. The normalized spacial score (nSPS) is 14.6. The van der Waals surface area contributed by atoms with Crippen LogP contribution in [0, 0.1) is 13.8 Å². The molecule has 156 valence electrons. The summed E-state index contributed by atoms with van der Waals surface area (Å²) in [7, 11) is 0. The molecule has 7 heteroatoms. The molecule has 2 aromatic rings. The van der Waals surface area contributed by atoms with Gasteiger partial charge in [-0.25, -0.2) is 4.79 Å². The van der Waals surface area contributed by atoms with E-state index < -0.39 is 5.97 Å². The van der Waals surface area contributed by atoms with Gasteiger partial charge in [0.05, 0.1) is 25.4 Å². The number of carbonyl (C=O) groups excluding carboxylic acids is 2. The van der Waals surface area contributed by atoms with Crippen molar-refractivity contribution in [3.8, 4) is 0 Å². The smallest absolute Gasteiger partial charge is 0.355 e. The number of rotatable bonds is 7. The van der Waals surface area contributed by atoms with Crippen molar-refractivity contribution < 1.29 is 19.1 Å². The van der Waals surface area contributed by atoms with Crippen LogP contribution >= 0.6 is 0 Å². The number of hydrogen-bond acceptors (Lipinski definition) is 5. The molecule has 1 amide bonds. The molecule has 1 aliphatic heterocycles. The number of hydrogen-bond donors (Lipinski definition) is 2. The number of morpholine rings is 1. The fourth-order valence-electron chi connectivity index (χ4n) is 3.55. The third-order valence-electron chi connectivity index (χ3n) is 5.13. The van der Waals surface area contributed by atoms with Crippen molar-refractivity contribution in [2.45, 2.75) is 33.9 Å². The van der Waals surface area contributed by atoms with E-state index in [-0.39, 0.29) is 5.91 Å². The fraction of sp³-hybridized carbons (Fsp3) is 0.455. The van der Waals surface area contributed by atoms with Crippen LogP contribution in [-0.4, -0.2) is 54.7 Å². The van der Waals surface area contributed by atoms with Crippen LogP contribution in [0.15, 0.2) is 24.3 Å². The standard InChI is InChI=1S/C22H29N3O4/c1-4-29-22(27)20-15(2)19(16(3)24-20)21(26)23-13-17-5-7-18(8-6-17)14-25-9-11-28-12-10-25/h5-8,24H,4,9-14H2,1-3H3,(H,23,26). The average Bonchev–Trinajstić information content (AvgIpc) is 3.02. The Morgan fingerprint density at radius 2 is 1.79 bits per heavy atom. The highest BCUT2D eigenvalue weighted by atomic mass is 16.5. The Balaban J connectivity index is 1.58. The molecule has 0 saturated carbocycles. The second-order valence-electron chi connectivity index (χ2n) is 7.23. The van der Waals surface area contributed by atoms with Gasteiger partial charge in [0.1, 0.15) is 5.69 Å². The Hall–Kier alpha value is -2.64. The first-order valence-corrected chi connectivity index (χ1v) is 10.0. The molecular formula is C22H29N3O4. The van der Waals surface area contributed by atoms with Crippen molar-refractivity contribution >= 4 is 11.9 Å². The number of aromatic amines is 1. The summed E-state index contributed by atoms with van der Waals surface area (Å²) in [5.74, 6) is -0.646. The number of esters is 1. The lowest BCUT2D eigenvalue weighted by atomic mass is 10.1. The molecule has 3 rings (SSSR count). The van der Waals surface area contributed by atoms with Crippen molar-refractivity contribution in [3.05, 3.63) is 57.9 Å². The zero-order chi connectivity index (χ0) is 20.8. The molecule has 0 spiro atoms. The van der Waals surface area contributed by atoms with Crippen LogP contribution in [-0.2, 0) is 22.6 Å². The van der Waals surface area contributed by atoms with Crippen molar-refractivity contribution in [2.24, 2.45) is 0 Å². The molecule has 1 aliphatic rings. The van der Waals surface area contributed by atoms with Gasteiger partial charge in [0.2, 0.25) is 0 Å². The molecule has 1 aromatic heterocycles. The van der Waals surface area contributed by atoms with Gasteiger partial charge < -0.3 is 19.8 Å². The lowest BCUT2D eigenvalue weighted by Gasteiger charge is -2.26. The second-order valence-corrected chi connectivity index (χ2v) is 7.23. The van der Waals surface area contributed by atoms with Crippen LogP contribution in [0.1, 0.15) is 50.2 Å². The zero-order valence-corrected chi connectivity index (χ0v) is 17.3. The molecular weight excluding hydrogens is 370 g/mol. The summed E-state index contributed by atoms with van der Waals surface area (Å²) in [5, 5.41) is 2.94. The maximum atomic E-state index is 12.7. The number of nitrogens with zero attached hydrogens (tertiary/aromatic N) is 1. The number of carbonyl (C=O) groups is 2. The van der Waals surface area contributed by atoms with Gasteiger partial charge in [-0.3, -0.25) is 9.69 Å². The van der Waals surface area contributed by atoms with E-state index in [1.54, 1.807) is 20.8 Å². The molecule has 0 atom stereocenters. The van der Waals surface area contributed by atoms with Gasteiger partial charge in [-0.15, -0.1) is 0 Å². The molecule has 0 radical (unpaired) electrons. The lowest BCUT2D eigenvalue weighted by Crippen LogP contribution is -2.35. The van der Waals surface area contributed by atoms with Crippen LogP contribution in [0.2, 0.25) is 0 Å². The van der Waals surface area contributed by atoms with Gasteiger partial charge >= 0.3 is 5.97 Å². The maximum Gasteiger partial charge on any atom is 0.355 e. The molecule has 2 N–H and O–H groups in total. The number of benzene rings is 1. The van der Waals surface area contributed by atoms with Crippen molar-refractivity contribution in [3.63, 3.8) is 0 Å². The number of nitrogens with one attached hydrogen (secondary N) is 2. The van der Waals surface area contributed by atoms with Crippen LogP contribution in [0.25, 0.3) is 0 Å². The molecule has 1 aromatic carbocycles. The summed E-state index contributed by atoms with van der Waals surface area (Å²) >= 11 is 0. The van der Waals surface area contributed by atoms with Gasteiger partial charge in [-0.2, -0.15) is 0 Å². The molecule has 1 fully saturated rings. The minimum absolute atomic E-state index is 0.204.